The summed E-state index contributed by atoms with van der Waals surface area (Å²) >= 11 is 0. The van der Waals surface area contributed by atoms with Crippen LogP contribution in [0.15, 0.2) is 30.7 Å². The lowest BCUT2D eigenvalue weighted by molar-refractivity contribution is -0.140. The number of fused-ring (bicyclic) bond motifs is 2. The molecule has 0 amide bonds. The zero-order valence-electron chi connectivity index (χ0n) is 14.6. The van der Waals surface area contributed by atoms with Crippen LogP contribution in [-0.4, -0.2) is 24.9 Å². The highest BCUT2D eigenvalue weighted by molar-refractivity contribution is 5.96. The van der Waals surface area contributed by atoms with E-state index in [0.29, 0.717) is 22.8 Å². The van der Waals surface area contributed by atoms with Crippen molar-refractivity contribution in [3.63, 3.8) is 0 Å². The van der Waals surface area contributed by atoms with E-state index in [1.54, 1.807) is 18.5 Å². The molecule has 1 aliphatic carbocycles. The van der Waals surface area contributed by atoms with Crippen molar-refractivity contribution in [3.05, 3.63) is 42.0 Å². The van der Waals surface area contributed by atoms with E-state index in [4.69, 9.17) is 5.73 Å². The number of hydrogen-bond acceptors (Lipinski definition) is 5. The molecule has 142 valence electrons. The SMILES string of the molecule is Nc1nc(-c2ccnc3[nH]c(C(F)(F)F)cc23)nc2cncc(C3CCC3)c12. The van der Waals surface area contributed by atoms with Crippen LogP contribution in [0.4, 0.5) is 19.0 Å². The smallest absolute Gasteiger partial charge is 0.383 e. The molecular weight excluding hydrogens is 369 g/mol. The van der Waals surface area contributed by atoms with Crippen molar-refractivity contribution < 1.29 is 13.2 Å². The van der Waals surface area contributed by atoms with Gasteiger partial charge in [-0.3, -0.25) is 4.98 Å². The molecule has 3 N–H and O–H groups in total. The van der Waals surface area contributed by atoms with Crippen LogP contribution < -0.4 is 5.73 Å². The van der Waals surface area contributed by atoms with Crippen LogP contribution in [0.2, 0.25) is 0 Å². The first-order valence-electron chi connectivity index (χ1n) is 8.88. The minimum atomic E-state index is -4.50. The largest absolute Gasteiger partial charge is 0.431 e. The quantitative estimate of drug-likeness (QED) is 0.533. The minimum absolute atomic E-state index is 0.119. The molecule has 1 aliphatic rings. The van der Waals surface area contributed by atoms with Gasteiger partial charge in [0.25, 0.3) is 0 Å². The molecule has 4 aromatic rings. The molecule has 0 atom stereocenters. The fraction of sp³-hybridized carbons (Fsp3) is 0.263. The maximum Gasteiger partial charge on any atom is 0.431 e. The van der Waals surface area contributed by atoms with Gasteiger partial charge in [0.1, 0.15) is 17.2 Å². The first kappa shape index (κ1) is 16.9. The second kappa shape index (κ2) is 5.88. The third kappa shape index (κ3) is 2.57. The number of nitrogens with zero attached hydrogens (tertiary/aromatic N) is 4. The van der Waals surface area contributed by atoms with E-state index in [-0.39, 0.29) is 16.9 Å². The van der Waals surface area contributed by atoms with E-state index in [1.807, 2.05) is 0 Å². The summed E-state index contributed by atoms with van der Waals surface area (Å²) in [7, 11) is 0. The first-order chi connectivity index (χ1) is 13.4. The van der Waals surface area contributed by atoms with Gasteiger partial charge in [-0.2, -0.15) is 13.2 Å². The summed E-state index contributed by atoms with van der Waals surface area (Å²) in [5.74, 6) is 0.957. The monoisotopic (exact) mass is 384 g/mol. The number of anilines is 1. The van der Waals surface area contributed by atoms with Gasteiger partial charge in [0.15, 0.2) is 5.82 Å². The predicted molar refractivity (Wildman–Crippen MR) is 98.4 cm³/mol. The Hall–Kier alpha value is -3.23. The molecule has 0 radical (unpaired) electrons. The van der Waals surface area contributed by atoms with Gasteiger partial charge in [0, 0.05) is 28.7 Å². The van der Waals surface area contributed by atoms with E-state index >= 15 is 0 Å². The van der Waals surface area contributed by atoms with Crippen molar-refractivity contribution in [1.82, 2.24) is 24.9 Å². The molecule has 0 bridgehead atoms. The van der Waals surface area contributed by atoms with Crippen molar-refractivity contribution in [3.8, 4) is 11.4 Å². The maximum atomic E-state index is 13.1. The second-order valence-corrected chi connectivity index (χ2v) is 6.98. The Kier molecular flexibility index (Phi) is 3.55. The fourth-order valence-electron chi connectivity index (χ4n) is 3.66. The molecule has 4 aromatic heterocycles. The molecule has 0 spiro atoms. The molecule has 1 fully saturated rings. The summed E-state index contributed by atoms with van der Waals surface area (Å²) in [6, 6.07) is 2.60. The van der Waals surface area contributed by atoms with Crippen LogP contribution in [0.1, 0.15) is 36.4 Å². The average Bonchev–Trinajstić information content (AvgIpc) is 3.04. The van der Waals surface area contributed by atoms with Crippen LogP contribution in [0.25, 0.3) is 33.3 Å². The van der Waals surface area contributed by atoms with Gasteiger partial charge in [-0.15, -0.1) is 0 Å². The molecule has 0 saturated heterocycles. The van der Waals surface area contributed by atoms with Crippen LogP contribution in [0, 0.1) is 0 Å². The molecule has 0 unspecified atom stereocenters. The standard InChI is InChI=1S/C19H15F3N6/c20-19(21,22)14-6-11-10(4-5-25-17(11)27-14)18-26-13-8-24-7-12(9-2-1-3-9)15(13)16(23)28-18/h4-9H,1-3H2,(H,25,27)(H2,23,26,28). The Labute approximate surface area is 157 Å². The number of aromatic nitrogens is 5. The Balaban J connectivity index is 1.71. The highest BCUT2D eigenvalue weighted by Crippen LogP contribution is 2.41. The summed E-state index contributed by atoms with van der Waals surface area (Å²) in [5, 5.41) is 1.07. The van der Waals surface area contributed by atoms with Gasteiger partial charge in [-0.1, -0.05) is 6.42 Å². The lowest BCUT2D eigenvalue weighted by atomic mass is 9.79. The fourth-order valence-corrected chi connectivity index (χ4v) is 3.66. The summed E-state index contributed by atoms with van der Waals surface area (Å²) in [4.78, 5) is 19.5. The van der Waals surface area contributed by atoms with E-state index in [0.717, 1.165) is 29.9 Å². The Bertz CT molecular complexity index is 1210. The minimum Gasteiger partial charge on any atom is -0.383 e. The summed E-state index contributed by atoms with van der Waals surface area (Å²) in [5.41, 5.74) is 7.55. The lowest BCUT2D eigenvalue weighted by Gasteiger charge is -2.26. The van der Waals surface area contributed by atoms with Crippen molar-refractivity contribution in [2.45, 2.75) is 31.4 Å². The van der Waals surface area contributed by atoms with Gasteiger partial charge in [-0.25, -0.2) is 15.0 Å². The zero-order chi connectivity index (χ0) is 19.5. The number of nitrogens with one attached hydrogen (secondary N) is 1. The maximum absolute atomic E-state index is 13.1. The van der Waals surface area contributed by atoms with Crippen molar-refractivity contribution in [2.24, 2.45) is 0 Å². The second-order valence-electron chi connectivity index (χ2n) is 6.98. The number of halogens is 3. The van der Waals surface area contributed by atoms with Gasteiger partial charge in [-0.05, 0) is 36.5 Å². The van der Waals surface area contributed by atoms with Gasteiger partial charge in [0.2, 0.25) is 0 Å². The molecule has 5 rings (SSSR count). The number of nitrogen functional groups attached to an aromatic ring is 1. The molecule has 4 heterocycles. The lowest BCUT2D eigenvalue weighted by Crippen LogP contribution is -2.11. The van der Waals surface area contributed by atoms with E-state index in [1.165, 1.54) is 12.6 Å². The number of aromatic amines is 1. The Morgan fingerprint density at radius 2 is 1.96 bits per heavy atom. The summed E-state index contributed by atoms with van der Waals surface area (Å²) < 4.78 is 39.2. The van der Waals surface area contributed by atoms with E-state index in [2.05, 4.69) is 24.9 Å². The number of rotatable bonds is 2. The molecule has 1 saturated carbocycles. The van der Waals surface area contributed by atoms with Gasteiger partial charge < -0.3 is 10.7 Å². The first-order valence-corrected chi connectivity index (χ1v) is 8.88. The Morgan fingerprint density at radius 1 is 1.14 bits per heavy atom. The topological polar surface area (TPSA) is 93.4 Å². The highest BCUT2D eigenvalue weighted by Gasteiger charge is 2.33. The van der Waals surface area contributed by atoms with Crippen LogP contribution in [-0.2, 0) is 6.18 Å². The third-order valence-corrected chi connectivity index (χ3v) is 5.29. The number of pyridine rings is 2. The summed E-state index contributed by atoms with van der Waals surface area (Å²) in [6.45, 7) is 0. The number of H-pyrrole nitrogens is 1. The summed E-state index contributed by atoms with van der Waals surface area (Å²) in [6.07, 6.45) is 3.66. The number of nitrogens with two attached hydrogens (primary N) is 1. The van der Waals surface area contributed by atoms with Crippen LogP contribution >= 0.6 is 0 Å². The molecule has 28 heavy (non-hydrogen) atoms. The highest BCUT2D eigenvalue weighted by atomic mass is 19.4. The number of alkyl halides is 3. The molecule has 0 aromatic carbocycles. The predicted octanol–water partition coefficient (Wildman–Crippen LogP) is 4.44. The van der Waals surface area contributed by atoms with Crippen LogP contribution in [0.3, 0.4) is 0 Å². The normalized spacial score (nSPS) is 15.2. The average molecular weight is 384 g/mol. The van der Waals surface area contributed by atoms with E-state index in [9.17, 15) is 13.2 Å². The van der Waals surface area contributed by atoms with Crippen molar-refractivity contribution in [2.75, 3.05) is 5.73 Å². The molecule has 6 nitrogen and oxygen atoms in total. The zero-order valence-corrected chi connectivity index (χ0v) is 14.6. The molecule has 9 heteroatoms. The van der Waals surface area contributed by atoms with Crippen LogP contribution in [0.5, 0.6) is 0 Å². The van der Waals surface area contributed by atoms with Gasteiger partial charge in [0.05, 0.1) is 11.7 Å². The third-order valence-electron chi connectivity index (χ3n) is 5.29. The van der Waals surface area contributed by atoms with Gasteiger partial charge >= 0.3 is 6.18 Å². The molecule has 0 aliphatic heterocycles. The van der Waals surface area contributed by atoms with Crippen molar-refractivity contribution >= 4 is 27.8 Å². The van der Waals surface area contributed by atoms with Crippen molar-refractivity contribution in [1.29, 1.82) is 0 Å². The Morgan fingerprint density at radius 3 is 2.68 bits per heavy atom. The van der Waals surface area contributed by atoms with E-state index < -0.39 is 11.9 Å². The number of hydrogen-bond donors (Lipinski definition) is 2. The molecular formula is C19H15F3N6.